The SMILES string of the molecule is COc1ccc(Cl)cc1CNc1ccc(Cl)c(C(=O)O)c1. The van der Waals surface area contributed by atoms with Gasteiger partial charge in [0.25, 0.3) is 0 Å². The summed E-state index contributed by atoms with van der Waals surface area (Å²) in [4.78, 5) is 11.0. The zero-order valence-corrected chi connectivity index (χ0v) is 12.7. The minimum atomic E-state index is -1.07. The van der Waals surface area contributed by atoms with Gasteiger partial charge in [0.15, 0.2) is 0 Å². The molecule has 0 aromatic heterocycles. The Morgan fingerprint density at radius 2 is 2.00 bits per heavy atom. The molecule has 110 valence electrons. The van der Waals surface area contributed by atoms with Crippen LogP contribution in [0.3, 0.4) is 0 Å². The van der Waals surface area contributed by atoms with E-state index in [9.17, 15) is 4.79 Å². The van der Waals surface area contributed by atoms with Crippen LogP contribution < -0.4 is 10.1 Å². The van der Waals surface area contributed by atoms with Crippen LogP contribution in [-0.2, 0) is 6.54 Å². The molecular weight excluding hydrogens is 313 g/mol. The molecule has 0 aliphatic rings. The van der Waals surface area contributed by atoms with Crippen LogP contribution in [0.5, 0.6) is 5.75 Å². The predicted molar refractivity (Wildman–Crippen MR) is 83.7 cm³/mol. The molecule has 2 N–H and O–H groups in total. The smallest absolute Gasteiger partial charge is 0.337 e. The molecule has 0 saturated heterocycles. The largest absolute Gasteiger partial charge is 0.496 e. The monoisotopic (exact) mass is 325 g/mol. The first-order valence-corrected chi connectivity index (χ1v) is 6.86. The van der Waals surface area contributed by atoms with Gasteiger partial charge in [0.05, 0.1) is 17.7 Å². The summed E-state index contributed by atoms with van der Waals surface area (Å²) in [6, 6.07) is 10.1. The van der Waals surface area contributed by atoms with Crippen LogP contribution in [-0.4, -0.2) is 18.2 Å². The summed E-state index contributed by atoms with van der Waals surface area (Å²) < 4.78 is 5.26. The number of benzene rings is 2. The lowest BCUT2D eigenvalue weighted by molar-refractivity contribution is 0.0697. The fourth-order valence-electron chi connectivity index (χ4n) is 1.88. The number of carboxylic acids is 1. The Balaban J connectivity index is 2.19. The fourth-order valence-corrected chi connectivity index (χ4v) is 2.27. The van der Waals surface area contributed by atoms with E-state index in [0.29, 0.717) is 23.0 Å². The van der Waals surface area contributed by atoms with Crippen LogP contribution >= 0.6 is 23.2 Å². The van der Waals surface area contributed by atoms with Gasteiger partial charge in [0, 0.05) is 22.8 Å². The Bertz CT molecular complexity index is 674. The number of hydrogen-bond donors (Lipinski definition) is 2. The summed E-state index contributed by atoms with van der Waals surface area (Å²) in [5, 5.41) is 13.0. The van der Waals surface area contributed by atoms with Gasteiger partial charge in [-0.3, -0.25) is 0 Å². The first-order valence-electron chi connectivity index (χ1n) is 6.10. The molecule has 0 amide bonds. The summed E-state index contributed by atoms with van der Waals surface area (Å²) in [5.41, 5.74) is 1.58. The summed E-state index contributed by atoms with van der Waals surface area (Å²) >= 11 is 11.8. The first-order chi connectivity index (χ1) is 10.0. The average molecular weight is 326 g/mol. The normalized spacial score (nSPS) is 10.2. The second-order valence-corrected chi connectivity index (χ2v) is 5.15. The van der Waals surface area contributed by atoms with Crippen LogP contribution in [0.2, 0.25) is 10.0 Å². The van der Waals surface area contributed by atoms with Crippen LogP contribution in [0.15, 0.2) is 36.4 Å². The topological polar surface area (TPSA) is 58.6 Å². The molecule has 0 heterocycles. The van der Waals surface area contributed by atoms with Crippen LogP contribution in [0.4, 0.5) is 5.69 Å². The Morgan fingerprint density at radius 1 is 1.24 bits per heavy atom. The maximum Gasteiger partial charge on any atom is 0.337 e. The van der Waals surface area contributed by atoms with Gasteiger partial charge in [0.2, 0.25) is 0 Å². The van der Waals surface area contributed by atoms with E-state index < -0.39 is 5.97 Å². The molecule has 0 aliphatic carbocycles. The van der Waals surface area contributed by atoms with Crippen molar-refractivity contribution in [3.8, 4) is 5.75 Å². The van der Waals surface area contributed by atoms with Crippen molar-refractivity contribution in [2.45, 2.75) is 6.54 Å². The van der Waals surface area contributed by atoms with Crippen molar-refractivity contribution in [3.63, 3.8) is 0 Å². The number of aromatic carboxylic acids is 1. The maximum atomic E-state index is 11.0. The third-order valence-electron chi connectivity index (χ3n) is 2.92. The lowest BCUT2D eigenvalue weighted by Gasteiger charge is -2.12. The average Bonchev–Trinajstić information content (AvgIpc) is 2.46. The Kier molecular flexibility index (Phi) is 4.94. The van der Waals surface area contributed by atoms with E-state index >= 15 is 0 Å². The minimum Gasteiger partial charge on any atom is -0.496 e. The highest BCUT2D eigenvalue weighted by molar-refractivity contribution is 6.33. The number of carboxylic acid groups (broad SMARTS) is 1. The molecule has 0 bridgehead atoms. The lowest BCUT2D eigenvalue weighted by Crippen LogP contribution is -2.04. The quantitative estimate of drug-likeness (QED) is 0.859. The van der Waals surface area contributed by atoms with E-state index in [2.05, 4.69) is 5.32 Å². The number of methoxy groups -OCH3 is 1. The van der Waals surface area contributed by atoms with E-state index in [1.165, 1.54) is 6.07 Å². The maximum absolute atomic E-state index is 11.0. The van der Waals surface area contributed by atoms with Crippen LogP contribution in [0, 0.1) is 0 Å². The minimum absolute atomic E-state index is 0.0553. The number of halogens is 2. The second kappa shape index (κ2) is 6.70. The van der Waals surface area contributed by atoms with Crippen molar-refractivity contribution < 1.29 is 14.6 Å². The molecule has 0 aliphatic heterocycles. The molecule has 2 aromatic carbocycles. The predicted octanol–water partition coefficient (Wildman–Crippen LogP) is 4.31. The Hall–Kier alpha value is -1.91. The van der Waals surface area contributed by atoms with Gasteiger partial charge in [-0.15, -0.1) is 0 Å². The van der Waals surface area contributed by atoms with Crippen molar-refractivity contribution in [2.75, 3.05) is 12.4 Å². The van der Waals surface area contributed by atoms with E-state index in [-0.39, 0.29) is 10.6 Å². The summed E-state index contributed by atoms with van der Waals surface area (Å²) in [7, 11) is 1.58. The number of hydrogen-bond acceptors (Lipinski definition) is 3. The van der Waals surface area contributed by atoms with E-state index in [0.717, 1.165) is 5.56 Å². The van der Waals surface area contributed by atoms with Crippen LogP contribution in [0.25, 0.3) is 0 Å². The number of carbonyl (C=O) groups is 1. The third-order valence-corrected chi connectivity index (χ3v) is 3.49. The molecular formula is C15H13Cl2NO3. The number of anilines is 1. The van der Waals surface area contributed by atoms with Crippen molar-refractivity contribution in [3.05, 3.63) is 57.6 Å². The van der Waals surface area contributed by atoms with E-state index in [1.54, 1.807) is 37.4 Å². The summed E-state index contributed by atoms with van der Waals surface area (Å²) in [6.45, 7) is 0.449. The van der Waals surface area contributed by atoms with Gasteiger partial charge < -0.3 is 15.2 Å². The molecule has 21 heavy (non-hydrogen) atoms. The first kappa shape index (κ1) is 15.5. The zero-order valence-electron chi connectivity index (χ0n) is 11.2. The molecule has 0 radical (unpaired) electrons. The van der Waals surface area contributed by atoms with Gasteiger partial charge >= 0.3 is 5.97 Å². The number of ether oxygens (including phenoxy) is 1. The lowest BCUT2D eigenvalue weighted by atomic mass is 10.1. The van der Waals surface area contributed by atoms with Gasteiger partial charge in [0.1, 0.15) is 5.75 Å². The van der Waals surface area contributed by atoms with Crippen molar-refractivity contribution in [2.24, 2.45) is 0 Å². The highest BCUT2D eigenvalue weighted by Gasteiger charge is 2.10. The summed E-state index contributed by atoms with van der Waals surface area (Å²) in [5.74, 6) is -0.358. The van der Waals surface area contributed by atoms with Gasteiger partial charge in [-0.2, -0.15) is 0 Å². The van der Waals surface area contributed by atoms with Crippen molar-refractivity contribution in [1.82, 2.24) is 0 Å². The van der Waals surface area contributed by atoms with Gasteiger partial charge in [-0.05, 0) is 36.4 Å². The van der Waals surface area contributed by atoms with Crippen molar-refractivity contribution >= 4 is 34.9 Å². The molecule has 0 unspecified atom stereocenters. The standard InChI is InChI=1S/C15H13Cl2NO3/c1-21-14-5-2-10(16)6-9(14)8-18-11-3-4-13(17)12(7-11)15(19)20/h2-7,18H,8H2,1H3,(H,19,20). The highest BCUT2D eigenvalue weighted by atomic mass is 35.5. The molecule has 2 rings (SSSR count). The molecule has 4 nitrogen and oxygen atoms in total. The Morgan fingerprint density at radius 3 is 2.67 bits per heavy atom. The zero-order chi connectivity index (χ0) is 15.4. The second-order valence-electron chi connectivity index (χ2n) is 4.31. The number of nitrogens with one attached hydrogen (secondary N) is 1. The highest BCUT2D eigenvalue weighted by Crippen LogP contribution is 2.25. The number of rotatable bonds is 5. The van der Waals surface area contributed by atoms with Crippen LogP contribution in [0.1, 0.15) is 15.9 Å². The molecule has 0 atom stereocenters. The fraction of sp³-hybridized carbons (Fsp3) is 0.133. The molecule has 0 saturated carbocycles. The van der Waals surface area contributed by atoms with E-state index in [1.807, 2.05) is 0 Å². The van der Waals surface area contributed by atoms with E-state index in [4.69, 9.17) is 33.0 Å². The van der Waals surface area contributed by atoms with Gasteiger partial charge in [-0.25, -0.2) is 4.79 Å². The molecule has 0 fully saturated rings. The van der Waals surface area contributed by atoms with Gasteiger partial charge in [-0.1, -0.05) is 23.2 Å². The molecule has 2 aromatic rings. The molecule has 0 spiro atoms. The Labute approximate surface area is 132 Å². The molecule has 6 heteroatoms. The van der Waals surface area contributed by atoms with Crippen molar-refractivity contribution in [1.29, 1.82) is 0 Å². The third kappa shape index (κ3) is 3.80. The summed E-state index contributed by atoms with van der Waals surface area (Å²) in [6.07, 6.45) is 0.